The molecule has 0 aliphatic carbocycles. The van der Waals surface area contributed by atoms with Crippen LogP contribution in [0, 0.1) is 6.92 Å². The van der Waals surface area contributed by atoms with Crippen molar-refractivity contribution in [3.05, 3.63) is 17.6 Å². The lowest BCUT2D eigenvalue weighted by molar-refractivity contribution is 0.204. The highest BCUT2D eigenvalue weighted by Gasteiger charge is 2.20. The number of ether oxygens (including phenoxy) is 1. The minimum atomic E-state index is -3.53. The summed E-state index contributed by atoms with van der Waals surface area (Å²) in [5, 5.41) is 3.18. The molecule has 0 radical (unpaired) electrons. The predicted octanol–water partition coefficient (Wildman–Crippen LogP) is 1.01. The number of aryl methyl sites for hydroxylation is 1. The summed E-state index contributed by atoms with van der Waals surface area (Å²) in [5.74, 6) is 1.00. The summed E-state index contributed by atoms with van der Waals surface area (Å²) >= 11 is 0. The first kappa shape index (κ1) is 16.2. The van der Waals surface area contributed by atoms with Crippen molar-refractivity contribution in [3.63, 3.8) is 0 Å². The van der Waals surface area contributed by atoms with Crippen LogP contribution in [-0.2, 0) is 21.3 Å². The molecule has 19 heavy (non-hydrogen) atoms. The molecule has 0 amide bonds. The molecule has 0 unspecified atom stereocenters. The fourth-order valence-electron chi connectivity index (χ4n) is 1.54. The van der Waals surface area contributed by atoms with Crippen LogP contribution in [0.4, 0.5) is 0 Å². The van der Waals surface area contributed by atoms with Gasteiger partial charge in [-0.1, -0.05) is 13.8 Å². The second kappa shape index (κ2) is 7.04. The standard InChI is InChI=1S/C12H22N2O4S/c1-9(2)13-8-11-7-12(10(3)18-11)19(15,16)14-5-6-17-4/h7,9,13-14H,5-6,8H2,1-4H3. The Hall–Kier alpha value is -0.890. The molecule has 0 saturated carbocycles. The Kier molecular flexibility index (Phi) is 5.99. The molecule has 1 aromatic rings. The normalized spacial score (nSPS) is 12.3. The van der Waals surface area contributed by atoms with Crippen LogP contribution in [0.2, 0.25) is 0 Å². The van der Waals surface area contributed by atoms with E-state index in [1.165, 1.54) is 7.11 Å². The van der Waals surface area contributed by atoms with Crippen LogP contribution in [0.25, 0.3) is 0 Å². The number of methoxy groups -OCH3 is 1. The first-order valence-corrected chi connectivity index (χ1v) is 7.66. The molecule has 6 nitrogen and oxygen atoms in total. The highest BCUT2D eigenvalue weighted by Crippen LogP contribution is 2.19. The van der Waals surface area contributed by atoms with E-state index in [9.17, 15) is 8.42 Å². The summed E-state index contributed by atoms with van der Waals surface area (Å²) in [7, 11) is -2.01. The third-order valence-electron chi connectivity index (χ3n) is 2.50. The van der Waals surface area contributed by atoms with E-state index in [4.69, 9.17) is 9.15 Å². The third kappa shape index (κ3) is 4.94. The number of sulfonamides is 1. The fourth-order valence-corrected chi connectivity index (χ4v) is 2.75. The van der Waals surface area contributed by atoms with E-state index < -0.39 is 10.0 Å². The summed E-state index contributed by atoms with van der Waals surface area (Å²) in [4.78, 5) is 0.184. The Morgan fingerprint density at radius 2 is 2.11 bits per heavy atom. The van der Waals surface area contributed by atoms with Gasteiger partial charge < -0.3 is 14.5 Å². The van der Waals surface area contributed by atoms with Crippen LogP contribution in [-0.4, -0.2) is 34.7 Å². The van der Waals surface area contributed by atoms with Crippen molar-refractivity contribution >= 4 is 10.0 Å². The van der Waals surface area contributed by atoms with Gasteiger partial charge in [-0.2, -0.15) is 0 Å². The van der Waals surface area contributed by atoms with Gasteiger partial charge in [0.05, 0.1) is 13.2 Å². The molecule has 1 heterocycles. The quantitative estimate of drug-likeness (QED) is 0.698. The second-order valence-electron chi connectivity index (χ2n) is 4.56. The number of furan rings is 1. The average Bonchev–Trinajstić information content (AvgIpc) is 2.69. The zero-order chi connectivity index (χ0) is 14.5. The lowest BCUT2D eigenvalue weighted by Crippen LogP contribution is -2.27. The molecule has 2 N–H and O–H groups in total. The minimum absolute atomic E-state index is 0.184. The van der Waals surface area contributed by atoms with Crippen LogP contribution in [0.15, 0.2) is 15.4 Å². The number of hydrogen-bond donors (Lipinski definition) is 2. The van der Waals surface area contributed by atoms with Crippen LogP contribution in [0.1, 0.15) is 25.4 Å². The van der Waals surface area contributed by atoms with Gasteiger partial charge in [0.15, 0.2) is 0 Å². The van der Waals surface area contributed by atoms with E-state index in [0.717, 1.165) is 0 Å². The van der Waals surface area contributed by atoms with E-state index >= 15 is 0 Å². The van der Waals surface area contributed by atoms with Gasteiger partial charge in [0, 0.05) is 25.8 Å². The summed E-state index contributed by atoms with van der Waals surface area (Å²) in [6, 6.07) is 1.87. The molecular weight excluding hydrogens is 268 g/mol. The number of hydrogen-bond acceptors (Lipinski definition) is 5. The van der Waals surface area contributed by atoms with Crippen molar-refractivity contribution in [2.24, 2.45) is 0 Å². The topological polar surface area (TPSA) is 80.6 Å². The number of nitrogens with one attached hydrogen (secondary N) is 2. The Morgan fingerprint density at radius 3 is 2.68 bits per heavy atom. The van der Waals surface area contributed by atoms with Gasteiger partial charge in [-0.15, -0.1) is 0 Å². The van der Waals surface area contributed by atoms with Gasteiger partial charge in [0.2, 0.25) is 10.0 Å². The fraction of sp³-hybridized carbons (Fsp3) is 0.667. The molecule has 1 rings (SSSR count). The summed E-state index contributed by atoms with van der Waals surface area (Å²) in [5.41, 5.74) is 0. The molecule has 7 heteroatoms. The second-order valence-corrected chi connectivity index (χ2v) is 6.29. The molecule has 0 aliphatic heterocycles. The molecule has 0 aliphatic rings. The smallest absolute Gasteiger partial charge is 0.244 e. The maximum Gasteiger partial charge on any atom is 0.244 e. The molecular formula is C12H22N2O4S. The highest BCUT2D eigenvalue weighted by molar-refractivity contribution is 7.89. The van der Waals surface area contributed by atoms with Crippen molar-refractivity contribution in [1.29, 1.82) is 0 Å². The van der Waals surface area contributed by atoms with Crippen molar-refractivity contribution in [2.45, 2.75) is 38.3 Å². The van der Waals surface area contributed by atoms with Crippen LogP contribution in [0.5, 0.6) is 0 Å². The summed E-state index contributed by atoms with van der Waals surface area (Å²) < 4.78 is 36.8. The average molecular weight is 290 g/mol. The van der Waals surface area contributed by atoms with Crippen molar-refractivity contribution in [2.75, 3.05) is 20.3 Å². The number of rotatable bonds is 8. The Bertz CT molecular complexity index is 494. The maximum atomic E-state index is 12.0. The minimum Gasteiger partial charge on any atom is -0.464 e. The van der Waals surface area contributed by atoms with Gasteiger partial charge in [-0.3, -0.25) is 0 Å². The predicted molar refractivity (Wildman–Crippen MR) is 72.5 cm³/mol. The summed E-state index contributed by atoms with van der Waals surface area (Å²) in [6.07, 6.45) is 0. The largest absolute Gasteiger partial charge is 0.464 e. The maximum absolute atomic E-state index is 12.0. The lowest BCUT2D eigenvalue weighted by Gasteiger charge is -2.04. The van der Waals surface area contributed by atoms with E-state index in [1.807, 2.05) is 13.8 Å². The highest BCUT2D eigenvalue weighted by atomic mass is 32.2. The molecule has 0 aromatic carbocycles. The molecule has 1 aromatic heterocycles. The Morgan fingerprint density at radius 1 is 1.42 bits per heavy atom. The molecule has 0 bridgehead atoms. The Labute approximate surface area is 114 Å². The zero-order valence-corrected chi connectivity index (χ0v) is 12.6. The molecule has 0 saturated heterocycles. The monoisotopic (exact) mass is 290 g/mol. The van der Waals surface area contributed by atoms with Crippen molar-refractivity contribution in [1.82, 2.24) is 10.0 Å². The van der Waals surface area contributed by atoms with E-state index in [2.05, 4.69) is 10.0 Å². The van der Waals surface area contributed by atoms with Gasteiger partial charge in [0.1, 0.15) is 16.4 Å². The Balaban J connectivity index is 2.77. The lowest BCUT2D eigenvalue weighted by atomic mass is 10.3. The van der Waals surface area contributed by atoms with Crippen LogP contribution in [0.3, 0.4) is 0 Å². The van der Waals surface area contributed by atoms with Gasteiger partial charge in [-0.05, 0) is 6.92 Å². The van der Waals surface area contributed by atoms with Gasteiger partial charge in [-0.25, -0.2) is 13.1 Å². The van der Waals surface area contributed by atoms with Gasteiger partial charge in [0.25, 0.3) is 0 Å². The third-order valence-corrected chi connectivity index (χ3v) is 4.06. The first-order valence-electron chi connectivity index (χ1n) is 6.18. The SMILES string of the molecule is COCCNS(=O)(=O)c1cc(CNC(C)C)oc1C. The van der Waals surface area contributed by atoms with E-state index in [-0.39, 0.29) is 11.4 Å². The van der Waals surface area contributed by atoms with E-state index in [1.54, 1.807) is 13.0 Å². The van der Waals surface area contributed by atoms with Crippen molar-refractivity contribution < 1.29 is 17.6 Å². The van der Waals surface area contributed by atoms with Gasteiger partial charge >= 0.3 is 0 Å². The molecule has 0 spiro atoms. The van der Waals surface area contributed by atoms with Crippen molar-refractivity contribution in [3.8, 4) is 0 Å². The zero-order valence-electron chi connectivity index (χ0n) is 11.8. The van der Waals surface area contributed by atoms with Crippen LogP contribution < -0.4 is 10.0 Å². The molecule has 110 valence electrons. The summed E-state index contributed by atoms with van der Waals surface area (Å²) in [6.45, 7) is 6.75. The molecule has 0 atom stereocenters. The first-order chi connectivity index (χ1) is 8.86. The van der Waals surface area contributed by atoms with Crippen LogP contribution >= 0.6 is 0 Å². The molecule has 0 fully saturated rings. The van der Waals surface area contributed by atoms with E-state index in [0.29, 0.717) is 30.7 Å².